The molecule has 4 rings (SSSR count). The van der Waals surface area contributed by atoms with Gasteiger partial charge in [0.2, 0.25) is 0 Å². The van der Waals surface area contributed by atoms with Crippen molar-refractivity contribution in [2.24, 2.45) is 7.05 Å². The Bertz CT molecular complexity index is 896. The average molecular weight is 335 g/mol. The second-order valence-electron chi connectivity index (χ2n) is 6.53. The molecule has 0 spiro atoms. The average Bonchev–Trinajstić information content (AvgIpc) is 3.34. The molecule has 128 valence electrons. The summed E-state index contributed by atoms with van der Waals surface area (Å²) in [6.45, 7) is 3.54. The second kappa shape index (κ2) is 6.20. The quantitative estimate of drug-likeness (QED) is 0.739. The third kappa shape index (κ3) is 2.73. The maximum absolute atomic E-state index is 12.8. The summed E-state index contributed by atoms with van der Waals surface area (Å²) in [5.41, 5.74) is 2.90. The molecule has 1 saturated heterocycles. The topological polar surface area (TPSA) is 56.0 Å². The van der Waals surface area contributed by atoms with E-state index in [0.29, 0.717) is 6.54 Å². The first kappa shape index (κ1) is 15.6. The highest BCUT2D eigenvalue weighted by molar-refractivity contribution is 5.93. The summed E-state index contributed by atoms with van der Waals surface area (Å²) in [4.78, 5) is 23.4. The van der Waals surface area contributed by atoms with E-state index in [0.717, 1.165) is 35.7 Å². The summed E-state index contributed by atoms with van der Waals surface area (Å²) < 4.78 is 4.13. The van der Waals surface area contributed by atoms with E-state index < -0.39 is 0 Å². The van der Waals surface area contributed by atoms with Gasteiger partial charge in [-0.25, -0.2) is 4.98 Å². The van der Waals surface area contributed by atoms with Crippen molar-refractivity contribution in [3.63, 3.8) is 0 Å². The van der Waals surface area contributed by atoms with E-state index in [4.69, 9.17) is 0 Å². The lowest BCUT2D eigenvalue weighted by Gasteiger charge is -2.20. The largest absolute Gasteiger partial charge is 0.347 e. The highest BCUT2D eigenvalue weighted by Gasteiger charge is 2.31. The number of rotatable bonds is 3. The van der Waals surface area contributed by atoms with Crippen LogP contribution in [0, 0.1) is 6.92 Å². The van der Waals surface area contributed by atoms with E-state index >= 15 is 0 Å². The van der Waals surface area contributed by atoms with Crippen molar-refractivity contribution in [2.45, 2.75) is 19.4 Å². The van der Waals surface area contributed by atoms with Gasteiger partial charge in [-0.2, -0.15) is 0 Å². The first-order chi connectivity index (χ1) is 12.1. The molecule has 0 radical (unpaired) electrons. The number of nitrogens with zero attached hydrogens (tertiary/aromatic N) is 5. The first-order valence-corrected chi connectivity index (χ1v) is 8.50. The van der Waals surface area contributed by atoms with Gasteiger partial charge < -0.3 is 14.0 Å². The second-order valence-corrected chi connectivity index (χ2v) is 6.53. The predicted octanol–water partition coefficient (Wildman–Crippen LogP) is 2.68. The van der Waals surface area contributed by atoms with Crippen molar-refractivity contribution in [3.05, 3.63) is 60.4 Å². The molecule has 6 heteroatoms. The maximum Gasteiger partial charge on any atom is 0.270 e. The molecule has 0 aromatic carbocycles. The van der Waals surface area contributed by atoms with Gasteiger partial charge in [-0.3, -0.25) is 9.78 Å². The van der Waals surface area contributed by atoms with Gasteiger partial charge in [0.15, 0.2) is 0 Å². The van der Waals surface area contributed by atoms with Crippen LogP contribution in [-0.4, -0.2) is 43.0 Å². The lowest BCUT2D eigenvalue weighted by Crippen LogP contribution is -2.30. The van der Waals surface area contributed by atoms with Gasteiger partial charge in [0, 0.05) is 56.2 Å². The fraction of sp³-hybridized carbons (Fsp3) is 0.316. The first-order valence-electron chi connectivity index (χ1n) is 8.50. The Balaban J connectivity index is 1.60. The van der Waals surface area contributed by atoms with E-state index in [9.17, 15) is 4.79 Å². The standard InChI is InChI=1S/C19H21N5O/c1-14-12-21-18(15-5-8-20-9-6-15)24(14)16-7-11-23(13-16)19(25)17-4-3-10-22(17)2/h3-6,8-10,12,16H,7,11,13H2,1-2H3. The van der Waals surface area contributed by atoms with E-state index in [1.54, 1.807) is 12.4 Å². The predicted molar refractivity (Wildman–Crippen MR) is 95.2 cm³/mol. The zero-order valence-electron chi connectivity index (χ0n) is 14.5. The monoisotopic (exact) mass is 335 g/mol. The number of carbonyl (C=O) groups is 1. The van der Waals surface area contributed by atoms with Gasteiger partial charge in [0.25, 0.3) is 5.91 Å². The SMILES string of the molecule is Cc1cnc(-c2ccncc2)n1C1CCN(C(=O)c2cccn2C)C1. The molecule has 1 unspecified atom stereocenters. The van der Waals surface area contributed by atoms with Crippen molar-refractivity contribution >= 4 is 5.91 Å². The summed E-state index contributed by atoms with van der Waals surface area (Å²) in [6, 6.07) is 7.97. The van der Waals surface area contributed by atoms with Crippen molar-refractivity contribution in [1.82, 2.24) is 24.0 Å². The summed E-state index contributed by atoms with van der Waals surface area (Å²) in [5, 5.41) is 0. The molecular weight excluding hydrogens is 314 g/mol. The molecule has 0 N–H and O–H groups in total. The van der Waals surface area contributed by atoms with Gasteiger partial charge in [0.05, 0.1) is 6.04 Å². The van der Waals surface area contributed by atoms with Crippen LogP contribution in [-0.2, 0) is 7.05 Å². The fourth-order valence-electron chi connectivity index (χ4n) is 3.60. The lowest BCUT2D eigenvalue weighted by atomic mass is 10.2. The molecular formula is C19H21N5O. The van der Waals surface area contributed by atoms with Crippen LogP contribution >= 0.6 is 0 Å². The summed E-state index contributed by atoms with van der Waals surface area (Å²) in [7, 11) is 1.91. The Morgan fingerprint density at radius 3 is 2.76 bits per heavy atom. The van der Waals surface area contributed by atoms with Gasteiger partial charge >= 0.3 is 0 Å². The number of imidazole rings is 1. The molecule has 6 nitrogen and oxygen atoms in total. The minimum atomic E-state index is 0.0956. The van der Waals surface area contributed by atoms with Crippen LogP contribution in [0.5, 0.6) is 0 Å². The van der Waals surface area contributed by atoms with E-state index in [2.05, 4.69) is 21.5 Å². The number of aryl methyl sites for hydroxylation is 2. The molecule has 3 aromatic heterocycles. The van der Waals surface area contributed by atoms with E-state index in [1.165, 1.54) is 0 Å². The van der Waals surface area contributed by atoms with Gasteiger partial charge in [-0.05, 0) is 37.6 Å². The number of hydrogen-bond acceptors (Lipinski definition) is 3. The van der Waals surface area contributed by atoms with Crippen LogP contribution in [0.2, 0.25) is 0 Å². The third-order valence-electron chi connectivity index (χ3n) is 4.90. The van der Waals surface area contributed by atoms with Crippen molar-refractivity contribution in [2.75, 3.05) is 13.1 Å². The highest BCUT2D eigenvalue weighted by atomic mass is 16.2. The normalized spacial score (nSPS) is 17.2. The lowest BCUT2D eigenvalue weighted by molar-refractivity contribution is 0.0778. The Morgan fingerprint density at radius 1 is 1.24 bits per heavy atom. The number of carbonyl (C=O) groups excluding carboxylic acids is 1. The molecule has 1 aliphatic heterocycles. The Labute approximate surface area is 146 Å². The van der Waals surface area contributed by atoms with Crippen LogP contribution in [0.1, 0.15) is 28.6 Å². The van der Waals surface area contributed by atoms with Crippen molar-refractivity contribution in [3.8, 4) is 11.4 Å². The van der Waals surface area contributed by atoms with Crippen LogP contribution in [0.3, 0.4) is 0 Å². The van der Waals surface area contributed by atoms with Crippen molar-refractivity contribution < 1.29 is 4.79 Å². The highest BCUT2D eigenvalue weighted by Crippen LogP contribution is 2.30. The molecule has 1 fully saturated rings. The number of aromatic nitrogens is 4. The minimum Gasteiger partial charge on any atom is -0.347 e. The molecule has 1 amide bonds. The Hall–Kier alpha value is -2.89. The Kier molecular flexibility index (Phi) is 3.87. The van der Waals surface area contributed by atoms with Crippen LogP contribution in [0.15, 0.2) is 49.1 Å². The van der Waals surface area contributed by atoms with Gasteiger partial charge in [-0.1, -0.05) is 0 Å². The number of amides is 1. The van der Waals surface area contributed by atoms with Crippen LogP contribution in [0.4, 0.5) is 0 Å². The smallest absolute Gasteiger partial charge is 0.270 e. The molecule has 0 bridgehead atoms. The van der Waals surface area contributed by atoms with Gasteiger partial charge in [-0.15, -0.1) is 0 Å². The minimum absolute atomic E-state index is 0.0956. The molecule has 4 heterocycles. The number of hydrogen-bond donors (Lipinski definition) is 0. The number of pyridine rings is 1. The maximum atomic E-state index is 12.8. The zero-order valence-corrected chi connectivity index (χ0v) is 14.5. The molecule has 25 heavy (non-hydrogen) atoms. The van der Waals surface area contributed by atoms with E-state index in [-0.39, 0.29) is 11.9 Å². The fourth-order valence-corrected chi connectivity index (χ4v) is 3.60. The van der Waals surface area contributed by atoms with Crippen LogP contribution < -0.4 is 0 Å². The zero-order chi connectivity index (χ0) is 17.4. The third-order valence-corrected chi connectivity index (χ3v) is 4.90. The summed E-state index contributed by atoms with van der Waals surface area (Å²) in [6.07, 6.45) is 8.30. The van der Waals surface area contributed by atoms with E-state index in [1.807, 2.05) is 53.2 Å². The molecule has 1 aliphatic rings. The number of likely N-dealkylation sites (tertiary alicyclic amines) is 1. The molecule has 1 atom stereocenters. The van der Waals surface area contributed by atoms with Gasteiger partial charge in [0.1, 0.15) is 11.5 Å². The molecule has 0 saturated carbocycles. The molecule has 3 aromatic rings. The Morgan fingerprint density at radius 2 is 2.04 bits per heavy atom. The summed E-state index contributed by atoms with van der Waals surface area (Å²) >= 11 is 0. The molecule has 0 aliphatic carbocycles. The van der Waals surface area contributed by atoms with Crippen molar-refractivity contribution in [1.29, 1.82) is 0 Å². The van der Waals surface area contributed by atoms with Crippen LogP contribution in [0.25, 0.3) is 11.4 Å². The summed E-state index contributed by atoms with van der Waals surface area (Å²) in [5.74, 6) is 1.04.